The zero-order valence-corrected chi connectivity index (χ0v) is 10.2. The number of alkyl halides is 3. The zero-order valence-electron chi connectivity index (χ0n) is 10.2. The van der Waals surface area contributed by atoms with Crippen molar-refractivity contribution in [1.82, 2.24) is 0 Å². The average molecular weight is 285 g/mol. The van der Waals surface area contributed by atoms with Gasteiger partial charge in [0, 0.05) is 12.2 Å². The molecule has 0 heterocycles. The molecule has 0 unspecified atom stereocenters. The van der Waals surface area contributed by atoms with E-state index in [1.807, 2.05) is 0 Å². The van der Waals surface area contributed by atoms with Crippen molar-refractivity contribution in [2.24, 2.45) is 0 Å². The largest absolute Gasteiger partial charge is 0.573 e. The molecule has 0 radical (unpaired) electrons. The number of nitrogens with one attached hydrogen (secondary N) is 1. The summed E-state index contributed by atoms with van der Waals surface area (Å²) in [7, 11) is 0. The first kappa shape index (κ1) is 14.2. The van der Waals surface area contributed by atoms with Gasteiger partial charge in [-0.15, -0.1) is 13.2 Å². The van der Waals surface area contributed by atoms with Gasteiger partial charge in [0.15, 0.2) is 0 Å². The molecule has 0 aliphatic heterocycles. The molecular formula is C14H11F4NO. The number of anilines is 1. The molecule has 2 rings (SSSR count). The first-order chi connectivity index (χ1) is 9.42. The highest BCUT2D eigenvalue weighted by molar-refractivity contribution is 5.46. The lowest BCUT2D eigenvalue weighted by Gasteiger charge is -2.10. The Kier molecular flexibility index (Phi) is 4.12. The molecule has 0 atom stereocenters. The molecular weight excluding hydrogens is 274 g/mol. The van der Waals surface area contributed by atoms with Crippen LogP contribution in [0.1, 0.15) is 5.56 Å². The van der Waals surface area contributed by atoms with Crippen LogP contribution in [0.3, 0.4) is 0 Å². The standard InChI is InChI=1S/C14H11F4NO/c15-11-3-1-10(2-4-11)9-19-12-5-7-13(8-6-12)20-14(16,17)18/h1-8,19H,9H2. The second kappa shape index (κ2) is 5.81. The highest BCUT2D eigenvalue weighted by Crippen LogP contribution is 2.24. The van der Waals surface area contributed by atoms with Gasteiger partial charge in [-0.25, -0.2) is 4.39 Å². The normalized spacial score (nSPS) is 11.2. The Hall–Kier alpha value is -2.24. The molecule has 0 aliphatic carbocycles. The van der Waals surface area contributed by atoms with Crippen molar-refractivity contribution in [3.05, 3.63) is 59.9 Å². The Morgan fingerprint density at radius 1 is 0.900 bits per heavy atom. The van der Waals surface area contributed by atoms with E-state index in [4.69, 9.17) is 0 Å². The zero-order chi connectivity index (χ0) is 14.6. The molecule has 2 nitrogen and oxygen atoms in total. The van der Waals surface area contributed by atoms with E-state index in [-0.39, 0.29) is 11.6 Å². The molecule has 0 amide bonds. The first-order valence-corrected chi connectivity index (χ1v) is 5.76. The van der Waals surface area contributed by atoms with Gasteiger partial charge in [-0.05, 0) is 42.0 Å². The predicted octanol–water partition coefficient (Wildman–Crippen LogP) is 4.34. The number of halogens is 4. The number of benzene rings is 2. The molecule has 0 spiro atoms. The van der Waals surface area contributed by atoms with Gasteiger partial charge >= 0.3 is 6.36 Å². The van der Waals surface area contributed by atoms with Crippen LogP contribution in [0.25, 0.3) is 0 Å². The quantitative estimate of drug-likeness (QED) is 0.844. The minimum Gasteiger partial charge on any atom is -0.406 e. The maximum absolute atomic E-state index is 12.7. The fraction of sp³-hybridized carbons (Fsp3) is 0.143. The summed E-state index contributed by atoms with van der Waals surface area (Å²) < 4.78 is 52.4. The Bertz CT molecular complexity index is 549. The molecule has 20 heavy (non-hydrogen) atoms. The molecule has 106 valence electrons. The highest BCUT2D eigenvalue weighted by atomic mass is 19.4. The molecule has 6 heteroatoms. The molecule has 2 aromatic rings. The Labute approximate surface area is 113 Å². The Balaban J connectivity index is 1.92. The van der Waals surface area contributed by atoms with E-state index < -0.39 is 6.36 Å². The monoisotopic (exact) mass is 285 g/mol. The van der Waals surface area contributed by atoms with Gasteiger partial charge in [0.1, 0.15) is 11.6 Å². The van der Waals surface area contributed by atoms with Crippen molar-refractivity contribution in [2.75, 3.05) is 5.32 Å². The van der Waals surface area contributed by atoms with Crippen LogP contribution in [0.2, 0.25) is 0 Å². The summed E-state index contributed by atoms with van der Waals surface area (Å²) in [6.45, 7) is 0.444. The van der Waals surface area contributed by atoms with Crippen molar-refractivity contribution in [1.29, 1.82) is 0 Å². The van der Waals surface area contributed by atoms with E-state index >= 15 is 0 Å². The smallest absolute Gasteiger partial charge is 0.406 e. The molecule has 0 saturated heterocycles. The second-order valence-corrected chi connectivity index (χ2v) is 4.05. The van der Waals surface area contributed by atoms with Gasteiger partial charge in [0.2, 0.25) is 0 Å². The number of rotatable bonds is 4. The second-order valence-electron chi connectivity index (χ2n) is 4.05. The van der Waals surface area contributed by atoms with Crippen LogP contribution in [0, 0.1) is 5.82 Å². The van der Waals surface area contributed by atoms with Gasteiger partial charge in [-0.2, -0.15) is 0 Å². The lowest BCUT2D eigenvalue weighted by Crippen LogP contribution is -2.17. The molecule has 0 saturated carbocycles. The minimum atomic E-state index is -4.69. The minimum absolute atomic E-state index is 0.273. The van der Waals surface area contributed by atoms with E-state index in [0.29, 0.717) is 12.2 Å². The summed E-state index contributed by atoms with van der Waals surface area (Å²) in [5.41, 5.74) is 1.51. The van der Waals surface area contributed by atoms with E-state index in [0.717, 1.165) is 5.56 Å². The van der Waals surface area contributed by atoms with Gasteiger partial charge in [0.05, 0.1) is 0 Å². The van der Waals surface area contributed by atoms with E-state index in [1.54, 1.807) is 12.1 Å². The van der Waals surface area contributed by atoms with Crippen LogP contribution in [0.15, 0.2) is 48.5 Å². The van der Waals surface area contributed by atoms with Gasteiger partial charge in [-0.3, -0.25) is 0 Å². The molecule has 0 bridgehead atoms. The molecule has 1 N–H and O–H groups in total. The van der Waals surface area contributed by atoms with Crippen molar-refractivity contribution in [3.8, 4) is 5.75 Å². The molecule has 0 aromatic heterocycles. The van der Waals surface area contributed by atoms with Gasteiger partial charge in [0.25, 0.3) is 0 Å². The Morgan fingerprint density at radius 2 is 1.50 bits per heavy atom. The van der Waals surface area contributed by atoms with Crippen LogP contribution in [0.5, 0.6) is 5.75 Å². The third-order valence-corrected chi connectivity index (χ3v) is 2.50. The van der Waals surface area contributed by atoms with Crippen LogP contribution in [-0.2, 0) is 6.54 Å². The van der Waals surface area contributed by atoms with Crippen molar-refractivity contribution < 1.29 is 22.3 Å². The fourth-order valence-electron chi connectivity index (χ4n) is 1.58. The third kappa shape index (κ3) is 4.46. The van der Waals surface area contributed by atoms with E-state index in [9.17, 15) is 17.6 Å². The van der Waals surface area contributed by atoms with Crippen molar-refractivity contribution in [3.63, 3.8) is 0 Å². The maximum Gasteiger partial charge on any atom is 0.573 e. The van der Waals surface area contributed by atoms with E-state index in [1.165, 1.54) is 36.4 Å². The number of hydrogen-bond acceptors (Lipinski definition) is 2. The van der Waals surface area contributed by atoms with E-state index in [2.05, 4.69) is 10.1 Å². The highest BCUT2D eigenvalue weighted by Gasteiger charge is 2.30. The van der Waals surface area contributed by atoms with Gasteiger partial charge in [-0.1, -0.05) is 12.1 Å². The maximum atomic E-state index is 12.7. The molecule has 0 fully saturated rings. The summed E-state index contributed by atoms with van der Waals surface area (Å²) >= 11 is 0. The summed E-state index contributed by atoms with van der Waals surface area (Å²) in [4.78, 5) is 0. The summed E-state index contributed by atoms with van der Waals surface area (Å²) in [6.07, 6.45) is -4.69. The van der Waals surface area contributed by atoms with Crippen LogP contribution >= 0.6 is 0 Å². The Morgan fingerprint density at radius 3 is 2.05 bits per heavy atom. The SMILES string of the molecule is Fc1ccc(CNc2ccc(OC(F)(F)F)cc2)cc1. The summed E-state index contributed by atoms with van der Waals surface area (Å²) in [6, 6.07) is 11.3. The number of hydrogen-bond donors (Lipinski definition) is 1. The predicted molar refractivity (Wildman–Crippen MR) is 66.9 cm³/mol. The van der Waals surface area contributed by atoms with Crippen LogP contribution < -0.4 is 10.1 Å². The summed E-state index contributed by atoms with van der Waals surface area (Å²) in [5.74, 6) is -0.591. The number of ether oxygens (including phenoxy) is 1. The van der Waals surface area contributed by atoms with Crippen LogP contribution in [-0.4, -0.2) is 6.36 Å². The fourth-order valence-corrected chi connectivity index (χ4v) is 1.58. The topological polar surface area (TPSA) is 21.3 Å². The first-order valence-electron chi connectivity index (χ1n) is 5.76. The van der Waals surface area contributed by atoms with Crippen molar-refractivity contribution >= 4 is 5.69 Å². The molecule has 0 aliphatic rings. The van der Waals surface area contributed by atoms with Crippen LogP contribution in [0.4, 0.5) is 23.2 Å². The third-order valence-electron chi connectivity index (χ3n) is 2.50. The molecule has 2 aromatic carbocycles. The average Bonchev–Trinajstić information content (AvgIpc) is 2.38. The lowest BCUT2D eigenvalue weighted by molar-refractivity contribution is -0.274. The van der Waals surface area contributed by atoms with Crippen molar-refractivity contribution in [2.45, 2.75) is 12.9 Å². The van der Waals surface area contributed by atoms with Gasteiger partial charge < -0.3 is 10.1 Å². The lowest BCUT2D eigenvalue weighted by atomic mass is 10.2. The summed E-state index contributed by atoms with van der Waals surface area (Å²) in [5, 5.41) is 3.01.